The lowest BCUT2D eigenvalue weighted by Gasteiger charge is -2.29. The molecule has 0 aliphatic carbocycles. The summed E-state index contributed by atoms with van der Waals surface area (Å²) in [6.07, 6.45) is 2.82. The van der Waals surface area contributed by atoms with Crippen molar-refractivity contribution in [2.24, 2.45) is 0 Å². The maximum atomic E-state index is 11.7. The zero-order valence-corrected chi connectivity index (χ0v) is 10.5. The Morgan fingerprint density at radius 3 is 2.80 bits per heavy atom. The van der Waals surface area contributed by atoms with E-state index >= 15 is 0 Å². The van der Waals surface area contributed by atoms with Gasteiger partial charge in [-0.3, -0.25) is 0 Å². The van der Waals surface area contributed by atoms with E-state index in [9.17, 15) is 4.79 Å². The van der Waals surface area contributed by atoms with Crippen LogP contribution in [0.1, 0.15) is 27.2 Å². The molecule has 1 heterocycles. The predicted octanol–water partition coefficient (Wildman–Crippen LogP) is 2.48. The average molecular weight is 229 g/mol. The van der Waals surface area contributed by atoms with E-state index < -0.39 is 5.60 Å². The number of ether oxygens (including phenoxy) is 1. The number of carbonyl (C=O) groups is 1. The molecule has 0 bridgehead atoms. The highest BCUT2D eigenvalue weighted by Crippen LogP contribution is 2.15. The molecule has 0 aromatic carbocycles. The van der Waals surface area contributed by atoms with Crippen LogP contribution in [0.5, 0.6) is 0 Å². The number of amides is 1. The summed E-state index contributed by atoms with van der Waals surface area (Å²) in [6, 6.07) is 0. The monoisotopic (exact) mass is 229 g/mol. The highest BCUT2D eigenvalue weighted by molar-refractivity contribution is 7.80. The van der Waals surface area contributed by atoms with Gasteiger partial charge in [0.05, 0.1) is 0 Å². The molecule has 0 fully saturated rings. The van der Waals surface area contributed by atoms with Crippen LogP contribution in [0.4, 0.5) is 4.79 Å². The molecule has 0 unspecified atom stereocenters. The van der Waals surface area contributed by atoms with Crippen LogP contribution in [0.25, 0.3) is 0 Å². The van der Waals surface area contributed by atoms with Crippen molar-refractivity contribution in [3.8, 4) is 0 Å². The van der Waals surface area contributed by atoms with Crippen molar-refractivity contribution < 1.29 is 9.53 Å². The SMILES string of the molecule is CC(C)(C)OC(=O)N1CCC=C(CS)C1. The van der Waals surface area contributed by atoms with Crippen LogP contribution >= 0.6 is 12.6 Å². The fourth-order valence-corrected chi connectivity index (χ4v) is 1.64. The van der Waals surface area contributed by atoms with E-state index in [0.717, 1.165) is 13.0 Å². The Hall–Kier alpha value is -0.640. The van der Waals surface area contributed by atoms with Crippen LogP contribution in [-0.2, 0) is 4.74 Å². The Balaban J connectivity index is 2.52. The summed E-state index contributed by atoms with van der Waals surface area (Å²) < 4.78 is 5.30. The van der Waals surface area contributed by atoms with Crippen molar-refractivity contribution in [1.29, 1.82) is 0 Å². The minimum atomic E-state index is -0.417. The summed E-state index contributed by atoms with van der Waals surface area (Å²) in [4.78, 5) is 13.5. The lowest BCUT2D eigenvalue weighted by atomic mass is 10.1. The highest BCUT2D eigenvalue weighted by atomic mass is 32.1. The first kappa shape index (κ1) is 12.4. The molecule has 3 nitrogen and oxygen atoms in total. The minimum Gasteiger partial charge on any atom is -0.444 e. The molecule has 0 atom stereocenters. The topological polar surface area (TPSA) is 29.5 Å². The van der Waals surface area contributed by atoms with Gasteiger partial charge in [-0.15, -0.1) is 0 Å². The largest absolute Gasteiger partial charge is 0.444 e. The number of thiol groups is 1. The fourth-order valence-electron chi connectivity index (χ4n) is 1.41. The van der Waals surface area contributed by atoms with Gasteiger partial charge in [-0.2, -0.15) is 12.6 Å². The summed E-state index contributed by atoms with van der Waals surface area (Å²) in [5, 5.41) is 0. The Labute approximate surface area is 96.9 Å². The fraction of sp³-hybridized carbons (Fsp3) is 0.727. The van der Waals surface area contributed by atoms with Gasteiger partial charge in [0.1, 0.15) is 5.60 Å². The molecule has 0 aromatic rings. The maximum absolute atomic E-state index is 11.7. The van der Waals surface area contributed by atoms with Gasteiger partial charge in [0.25, 0.3) is 0 Å². The van der Waals surface area contributed by atoms with Crippen molar-refractivity contribution in [3.63, 3.8) is 0 Å². The second-order valence-corrected chi connectivity index (χ2v) is 5.03. The van der Waals surface area contributed by atoms with Crippen molar-refractivity contribution >= 4 is 18.7 Å². The minimum absolute atomic E-state index is 0.227. The molecule has 0 saturated heterocycles. The molecule has 1 aliphatic rings. The smallest absolute Gasteiger partial charge is 0.410 e. The van der Waals surface area contributed by atoms with Gasteiger partial charge in [-0.25, -0.2) is 4.79 Å². The third-order valence-electron chi connectivity index (χ3n) is 2.08. The predicted molar refractivity (Wildman–Crippen MR) is 64.4 cm³/mol. The lowest BCUT2D eigenvalue weighted by molar-refractivity contribution is 0.0263. The number of rotatable bonds is 1. The van der Waals surface area contributed by atoms with Crippen LogP contribution < -0.4 is 0 Å². The quantitative estimate of drug-likeness (QED) is 0.553. The van der Waals surface area contributed by atoms with Crippen molar-refractivity contribution in [1.82, 2.24) is 4.90 Å². The molecule has 0 spiro atoms. The number of hydrogen-bond acceptors (Lipinski definition) is 3. The lowest BCUT2D eigenvalue weighted by Crippen LogP contribution is -2.40. The van der Waals surface area contributed by atoms with Gasteiger partial charge in [0, 0.05) is 18.8 Å². The molecule has 0 N–H and O–H groups in total. The van der Waals surface area contributed by atoms with E-state index in [2.05, 4.69) is 18.7 Å². The third-order valence-corrected chi connectivity index (χ3v) is 2.49. The van der Waals surface area contributed by atoms with Gasteiger partial charge >= 0.3 is 6.09 Å². The van der Waals surface area contributed by atoms with Crippen LogP contribution in [-0.4, -0.2) is 35.4 Å². The second kappa shape index (κ2) is 4.92. The molecule has 0 aromatic heterocycles. The molecule has 15 heavy (non-hydrogen) atoms. The zero-order valence-electron chi connectivity index (χ0n) is 9.62. The molecular weight excluding hydrogens is 210 g/mol. The summed E-state index contributed by atoms with van der Waals surface area (Å²) in [7, 11) is 0. The summed E-state index contributed by atoms with van der Waals surface area (Å²) >= 11 is 4.21. The zero-order chi connectivity index (χ0) is 11.5. The molecular formula is C11H19NO2S. The van der Waals surface area contributed by atoms with Crippen LogP contribution in [0, 0.1) is 0 Å². The van der Waals surface area contributed by atoms with Gasteiger partial charge < -0.3 is 9.64 Å². The van der Waals surface area contributed by atoms with Gasteiger partial charge in [-0.1, -0.05) is 6.08 Å². The number of carbonyl (C=O) groups excluding carboxylic acids is 1. The summed E-state index contributed by atoms with van der Waals surface area (Å²) in [6.45, 7) is 7.03. The summed E-state index contributed by atoms with van der Waals surface area (Å²) in [5.74, 6) is 0.708. The first-order valence-corrected chi connectivity index (χ1v) is 5.82. The summed E-state index contributed by atoms with van der Waals surface area (Å²) in [5.41, 5.74) is 0.773. The van der Waals surface area contributed by atoms with Gasteiger partial charge in [0.15, 0.2) is 0 Å². The molecule has 1 rings (SSSR count). The normalized spacial score (nSPS) is 17.3. The molecule has 4 heteroatoms. The Morgan fingerprint density at radius 1 is 1.60 bits per heavy atom. The van der Waals surface area contributed by atoms with E-state index in [0.29, 0.717) is 12.3 Å². The molecule has 86 valence electrons. The number of hydrogen-bond donors (Lipinski definition) is 1. The molecule has 0 radical (unpaired) electrons. The Bertz CT molecular complexity index is 268. The molecule has 1 aliphatic heterocycles. The van der Waals surface area contributed by atoms with Gasteiger partial charge in [0.2, 0.25) is 0 Å². The maximum Gasteiger partial charge on any atom is 0.410 e. The highest BCUT2D eigenvalue weighted by Gasteiger charge is 2.23. The van der Waals surface area contributed by atoms with E-state index in [1.165, 1.54) is 5.57 Å². The standard InChI is InChI=1S/C11H19NO2S/c1-11(2,3)14-10(13)12-6-4-5-9(7-12)8-15/h5,15H,4,6-8H2,1-3H3. The average Bonchev–Trinajstić information content (AvgIpc) is 2.15. The van der Waals surface area contributed by atoms with Crippen molar-refractivity contribution in [3.05, 3.63) is 11.6 Å². The van der Waals surface area contributed by atoms with Crippen LogP contribution in [0.3, 0.4) is 0 Å². The number of nitrogens with zero attached hydrogens (tertiary/aromatic N) is 1. The first-order chi connectivity index (χ1) is 6.92. The van der Waals surface area contributed by atoms with E-state index in [1.54, 1.807) is 4.90 Å². The third kappa shape index (κ3) is 4.16. The Morgan fingerprint density at radius 2 is 2.27 bits per heavy atom. The first-order valence-electron chi connectivity index (χ1n) is 5.19. The van der Waals surface area contributed by atoms with E-state index in [4.69, 9.17) is 4.74 Å². The van der Waals surface area contributed by atoms with E-state index in [-0.39, 0.29) is 6.09 Å². The Kier molecular flexibility index (Phi) is 4.08. The van der Waals surface area contributed by atoms with Crippen LogP contribution in [0.2, 0.25) is 0 Å². The van der Waals surface area contributed by atoms with E-state index in [1.807, 2.05) is 20.8 Å². The van der Waals surface area contributed by atoms with Crippen molar-refractivity contribution in [2.45, 2.75) is 32.8 Å². The molecule has 0 saturated carbocycles. The second-order valence-electron chi connectivity index (χ2n) is 4.71. The van der Waals surface area contributed by atoms with Crippen molar-refractivity contribution in [2.75, 3.05) is 18.8 Å². The van der Waals surface area contributed by atoms with Gasteiger partial charge in [-0.05, 0) is 32.8 Å². The van der Waals surface area contributed by atoms with Crippen LogP contribution in [0.15, 0.2) is 11.6 Å². The molecule has 1 amide bonds.